The molecule has 0 saturated carbocycles. The second kappa shape index (κ2) is 8.33. The van der Waals surface area contributed by atoms with Crippen LogP contribution in [0.25, 0.3) is 0 Å². The monoisotopic (exact) mass is 309 g/mol. The highest BCUT2D eigenvalue weighted by Crippen LogP contribution is 2.25. The van der Waals surface area contributed by atoms with Crippen LogP contribution in [-0.2, 0) is 4.79 Å². The molecule has 0 radical (unpaired) electrons. The van der Waals surface area contributed by atoms with Crippen LogP contribution in [0.2, 0.25) is 0 Å². The van der Waals surface area contributed by atoms with Gasteiger partial charge < -0.3 is 15.4 Å². The number of para-hydroxylation sites is 2. The first-order valence-electron chi connectivity index (χ1n) is 7.18. The van der Waals surface area contributed by atoms with Crippen LogP contribution in [0.5, 0.6) is 5.75 Å². The maximum Gasteiger partial charge on any atom is 0.310 e. The molecule has 0 aliphatic carbocycles. The Morgan fingerprint density at radius 3 is 2.64 bits per heavy atom. The molecule has 1 amide bonds. The Hall–Kier alpha value is -2.15. The van der Waals surface area contributed by atoms with Crippen molar-refractivity contribution in [2.24, 2.45) is 11.7 Å². The number of amides is 1. The molecule has 1 aromatic carbocycles. The van der Waals surface area contributed by atoms with Gasteiger partial charge >= 0.3 is 5.69 Å². The van der Waals surface area contributed by atoms with Gasteiger partial charge in [-0.15, -0.1) is 0 Å². The molecule has 0 bridgehead atoms. The number of hydrogen-bond donors (Lipinski definition) is 1. The Labute approximate surface area is 130 Å². The number of ether oxygens (including phenoxy) is 1. The molecule has 0 saturated heterocycles. The summed E-state index contributed by atoms with van der Waals surface area (Å²) in [6.07, 6.45) is 0.700. The molecule has 1 aromatic rings. The normalized spacial score (nSPS) is 12.0. The van der Waals surface area contributed by atoms with Crippen molar-refractivity contribution in [3.63, 3.8) is 0 Å². The molecule has 7 heteroatoms. The molecule has 0 heterocycles. The molecule has 0 spiro atoms. The number of rotatable bonds is 8. The summed E-state index contributed by atoms with van der Waals surface area (Å²) in [5.74, 6) is 0.203. The molecule has 0 aliphatic rings. The highest BCUT2D eigenvalue weighted by atomic mass is 16.6. The molecule has 1 atom stereocenters. The van der Waals surface area contributed by atoms with Crippen molar-refractivity contribution in [1.29, 1.82) is 0 Å². The van der Waals surface area contributed by atoms with E-state index in [1.54, 1.807) is 19.2 Å². The van der Waals surface area contributed by atoms with Gasteiger partial charge in [0.15, 0.2) is 12.4 Å². The SMILES string of the molecule is CC(C)C(N)CCN(C)C(=O)COc1ccccc1[N+](=O)[O-]. The summed E-state index contributed by atoms with van der Waals surface area (Å²) in [5.41, 5.74) is 5.79. The predicted octanol–water partition coefficient (Wildman–Crippen LogP) is 1.81. The standard InChI is InChI=1S/C15H23N3O4/c1-11(2)12(16)8-9-17(3)15(19)10-22-14-7-5-4-6-13(14)18(20)21/h4-7,11-12H,8-10,16H2,1-3H3. The molecule has 1 rings (SSSR count). The topological polar surface area (TPSA) is 98.7 Å². The van der Waals surface area contributed by atoms with Crippen molar-refractivity contribution >= 4 is 11.6 Å². The van der Waals surface area contributed by atoms with Crippen LogP contribution in [-0.4, -0.2) is 42.0 Å². The van der Waals surface area contributed by atoms with E-state index in [2.05, 4.69) is 0 Å². The highest BCUT2D eigenvalue weighted by Gasteiger charge is 2.17. The van der Waals surface area contributed by atoms with Crippen molar-refractivity contribution in [3.05, 3.63) is 34.4 Å². The van der Waals surface area contributed by atoms with Gasteiger partial charge in [0.1, 0.15) is 0 Å². The van der Waals surface area contributed by atoms with Crippen LogP contribution in [0.1, 0.15) is 20.3 Å². The van der Waals surface area contributed by atoms with Crippen LogP contribution in [0.3, 0.4) is 0 Å². The van der Waals surface area contributed by atoms with E-state index in [0.717, 1.165) is 0 Å². The van der Waals surface area contributed by atoms with Gasteiger partial charge in [-0.25, -0.2) is 0 Å². The van der Waals surface area contributed by atoms with Gasteiger partial charge in [-0.05, 0) is 18.4 Å². The lowest BCUT2D eigenvalue weighted by Crippen LogP contribution is -2.36. The summed E-state index contributed by atoms with van der Waals surface area (Å²) in [4.78, 5) is 23.8. The fourth-order valence-corrected chi connectivity index (χ4v) is 1.78. The van der Waals surface area contributed by atoms with Crippen LogP contribution in [0.15, 0.2) is 24.3 Å². The summed E-state index contributed by atoms with van der Waals surface area (Å²) in [6, 6.07) is 6.02. The van der Waals surface area contributed by atoms with E-state index < -0.39 is 4.92 Å². The maximum absolute atomic E-state index is 12.0. The zero-order chi connectivity index (χ0) is 16.7. The first kappa shape index (κ1) is 17.9. The minimum Gasteiger partial charge on any atom is -0.477 e. The van der Waals surface area contributed by atoms with Crippen molar-refractivity contribution in [2.75, 3.05) is 20.2 Å². The second-order valence-corrected chi connectivity index (χ2v) is 5.53. The number of nitrogens with two attached hydrogens (primary N) is 1. The smallest absolute Gasteiger partial charge is 0.310 e. The Bertz CT molecular complexity index is 519. The zero-order valence-corrected chi connectivity index (χ0v) is 13.2. The molecule has 0 aliphatic heterocycles. The fraction of sp³-hybridized carbons (Fsp3) is 0.533. The number of nitrogens with zero attached hydrogens (tertiary/aromatic N) is 2. The lowest BCUT2D eigenvalue weighted by Gasteiger charge is -2.21. The van der Waals surface area contributed by atoms with Crippen LogP contribution in [0, 0.1) is 16.0 Å². The third-order valence-corrected chi connectivity index (χ3v) is 3.49. The highest BCUT2D eigenvalue weighted by molar-refractivity contribution is 5.77. The number of benzene rings is 1. The molecular formula is C15H23N3O4. The van der Waals surface area contributed by atoms with Gasteiger partial charge in [0.25, 0.3) is 5.91 Å². The molecule has 7 nitrogen and oxygen atoms in total. The largest absolute Gasteiger partial charge is 0.477 e. The fourth-order valence-electron chi connectivity index (χ4n) is 1.78. The van der Waals surface area contributed by atoms with E-state index in [0.29, 0.717) is 18.9 Å². The van der Waals surface area contributed by atoms with Gasteiger partial charge in [0.05, 0.1) is 4.92 Å². The van der Waals surface area contributed by atoms with Gasteiger partial charge in [-0.3, -0.25) is 14.9 Å². The predicted molar refractivity (Wildman–Crippen MR) is 83.7 cm³/mol. The number of hydrogen-bond acceptors (Lipinski definition) is 5. The minimum atomic E-state index is -0.537. The molecule has 0 aromatic heterocycles. The van der Waals surface area contributed by atoms with E-state index in [-0.39, 0.29) is 30.0 Å². The molecule has 122 valence electrons. The van der Waals surface area contributed by atoms with E-state index in [9.17, 15) is 14.9 Å². The average molecular weight is 309 g/mol. The number of nitro benzene ring substituents is 1. The van der Waals surface area contributed by atoms with Crippen molar-refractivity contribution in [3.8, 4) is 5.75 Å². The van der Waals surface area contributed by atoms with E-state index >= 15 is 0 Å². The summed E-state index contributed by atoms with van der Waals surface area (Å²) >= 11 is 0. The first-order chi connectivity index (χ1) is 10.3. The Balaban J connectivity index is 2.51. The van der Waals surface area contributed by atoms with Gasteiger partial charge in [0.2, 0.25) is 0 Å². The van der Waals surface area contributed by atoms with Crippen molar-refractivity contribution in [2.45, 2.75) is 26.3 Å². The average Bonchev–Trinajstić information content (AvgIpc) is 2.49. The Morgan fingerprint density at radius 2 is 2.05 bits per heavy atom. The van der Waals surface area contributed by atoms with Gasteiger partial charge in [-0.1, -0.05) is 26.0 Å². The Morgan fingerprint density at radius 1 is 1.41 bits per heavy atom. The third-order valence-electron chi connectivity index (χ3n) is 3.49. The quantitative estimate of drug-likeness (QED) is 0.583. The zero-order valence-electron chi connectivity index (χ0n) is 13.2. The van der Waals surface area contributed by atoms with Crippen LogP contribution < -0.4 is 10.5 Å². The van der Waals surface area contributed by atoms with Crippen LogP contribution in [0.4, 0.5) is 5.69 Å². The molecule has 22 heavy (non-hydrogen) atoms. The number of carbonyl (C=O) groups excluding carboxylic acids is 1. The molecule has 1 unspecified atom stereocenters. The second-order valence-electron chi connectivity index (χ2n) is 5.53. The number of likely N-dealkylation sites (N-methyl/N-ethyl adjacent to an activating group) is 1. The lowest BCUT2D eigenvalue weighted by molar-refractivity contribution is -0.385. The molecule has 0 fully saturated rings. The Kier molecular flexibility index (Phi) is 6.78. The van der Waals surface area contributed by atoms with Crippen LogP contribution >= 0.6 is 0 Å². The molecule has 2 N–H and O–H groups in total. The van der Waals surface area contributed by atoms with Crippen molar-refractivity contribution in [1.82, 2.24) is 4.90 Å². The van der Waals surface area contributed by atoms with E-state index in [4.69, 9.17) is 10.5 Å². The van der Waals surface area contributed by atoms with Gasteiger partial charge in [-0.2, -0.15) is 0 Å². The lowest BCUT2D eigenvalue weighted by atomic mass is 10.0. The first-order valence-corrected chi connectivity index (χ1v) is 7.18. The van der Waals surface area contributed by atoms with E-state index in [1.165, 1.54) is 17.0 Å². The van der Waals surface area contributed by atoms with E-state index in [1.807, 2.05) is 13.8 Å². The number of carbonyl (C=O) groups is 1. The summed E-state index contributed by atoms with van der Waals surface area (Å²) in [6.45, 7) is 4.35. The minimum absolute atomic E-state index is 0.0337. The summed E-state index contributed by atoms with van der Waals surface area (Å²) in [7, 11) is 1.66. The number of nitro groups is 1. The third kappa shape index (κ3) is 5.33. The van der Waals surface area contributed by atoms with Gasteiger partial charge in [0, 0.05) is 25.7 Å². The summed E-state index contributed by atoms with van der Waals surface area (Å²) < 4.78 is 5.27. The molecular weight excluding hydrogens is 286 g/mol. The van der Waals surface area contributed by atoms with Crippen molar-refractivity contribution < 1.29 is 14.5 Å². The summed E-state index contributed by atoms with van der Waals surface area (Å²) in [5, 5.41) is 10.9. The maximum atomic E-state index is 12.0.